The molecule has 0 aliphatic carbocycles. The molecule has 0 aromatic heterocycles. The molecule has 0 radical (unpaired) electrons. The minimum Gasteiger partial charge on any atom is -0.371 e. The van der Waals surface area contributed by atoms with E-state index in [2.05, 4.69) is 34.5 Å². The number of anilines is 1. The lowest BCUT2D eigenvalue weighted by molar-refractivity contribution is -0.121. The van der Waals surface area contributed by atoms with Crippen molar-refractivity contribution in [3.8, 4) is 0 Å². The highest BCUT2D eigenvalue weighted by Crippen LogP contribution is 2.28. The number of amides is 1. The molecule has 30 heavy (non-hydrogen) atoms. The first-order valence-electron chi connectivity index (χ1n) is 10.6. The molecule has 1 saturated heterocycles. The van der Waals surface area contributed by atoms with Crippen molar-refractivity contribution >= 4 is 11.6 Å². The molecule has 1 fully saturated rings. The number of benzene rings is 3. The van der Waals surface area contributed by atoms with Crippen molar-refractivity contribution in [1.29, 1.82) is 0 Å². The molecule has 0 spiro atoms. The molecule has 1 amide bonds. The van der Waals surface area contributed by atoms with Crippen LogP contribution in [0.4, 0.5) is 10.1 Å². The molecule has 4 heteroatoms. The SMILES string of the molecule is O=C(CC(c1ccccc1)c1ccccc1)NCC1CCN(c2ccc(F)cc2)C1. The van der Waals surface area contributed by atoms with E-state index in [1.54, 1.807) is 0 Å². The average molecular weight is 403 g/mol. The number of nitrogens with one attached hydrogen (secondary N) is 1. The van der Waals surface area contributed by atoms with Gasteiger partial charge in [-0.05, 0) is 47.7 Å². The van der Waals surface area contributed by atoms with E-state index >= 15 is 0 Å². The van der Waals surface area contributed by atoms with Crippen LogP contribution in [0, 0.1) is 11.7 Å². The van der Waals surface area contributed by atoms with Gasteiger partial charge in [0.15, 0.2) is 0 Å². The van der Waals surface area contributed by atoms with Crippen LogP contribution < -0.4 is 10.2 Å². The second-order valence-electron chi connectivity index (χ2n) is 7.96. The summed E-state index contributed by atoms with van der Waals surface area (Å²) in [5.41, 5.74) is 3.35. The Bertz CT molecular complexity index is 904. The molecule has 3 aromatic carbocycles. The summed E-state index contributed by atoms with van der Waals surface area (Å²) in [6.45, 7) is 2.49. The molecule has 1 aliphatic rings. The summed E-state index contributed by atoms with van der Waals surface area (Å²) in [4.78, 5) is 15.0. The van der Waals surface area contributed by atoms with E-state index in [4.69, 9.17) is 0 Å². The number of hydrogen-bond acceptors (Lipinski definition) is 2. The molecule has 0 saturated carbocycles. The lowest BCUT2D eigenvalue weighted by Gasteiger charge is -2.20. The van der Waals surface area contributed by atoms with Gasteiger partial charge in [-0.3, -0.25) is 4.79 Å². The summed E-state index contributed by atoms with van der Waals surface area (Å²) < 4.78 is 13.1. The fourth-order valence-electron chi connectivity index (χ4n) is 4.20. The van der Waals surface area contributed by atoms with Crippen molar-refractivity contribution in [3.05, 3.63) is 102 Å². The molecule has 1 atom stereocenters. The molecule has 154 valence electrons. The lowest BCUT2D eigenvalue weighted by atomic mass is 9.88. The van der Waals surface area contributed by atoms with Gasteiger partial charge in [-0.1, -0.05) is 60.7 Å². The minimum atomic E-state index is -0.215. The summed E-state index contributed by atoms with van der Waals surface area (Å²) >= 11 is 0. The Hall–Kier alpha value is -3.14. The zero-order valence-electron chi connectivity index (χ0n) is 17.0. The highest BCUT2D eigenvalue weighted by molar-refractivity contribution is 5.77. The Balaban J connectivity index is 1.34. The lowest BCUT2D eigenvalue weighted by Crippen LogP contribution is -2.32. The van der Waals surface area contributed by atoms with Crippen molar-refractivity contribution in [2.45, 2.75) is 18.8 Å². The Kier molecular flexibility index (Phi) is 6.43. The zero-order valence-corrected chi connectivity index (χ0v) is 17.0. The predicted octanol–water partition coefficient (Wildman–Crippen LogP) is 4.99. The number of carbonyl (C=O) groups is 1. The van der Waals surface area contributed by atoms with Crippen molar-refractivity contribution in [2.75, 3.05) is 24.5 Å². The first-order valence-corrected chi connectivity index (χ1v) is 10.6. The van der Waals surface area contributed by atoms with Gasteiger partial charge in [0.2, 0.25) is 5.91 Å². The smallest absolute Gasteiger partial charge is 0.220 e. The zero-order chi connectivity index (χ0) is 20.8. The predicted molar refractivity (Wildman–Crippen MR) is 119 cm³/mol. The van der Waals surface area contributed by atoms with E-state index in [0.29, 0.717) is 18.9 Å². The number of carbonyl (C=O) groups excluding carboxylic acids is 1. The third-order valence-corrected chi connectivity index (χ3v) is 5.86. The normalized spacial score (nSPS) is 16.1. The van der Waals surface area contributed by atoms with Gasteiger partial charge >= 0.3 is 0 Å². The van der Waals surface area contributed by atoms with E-state index in [9.17, 15) is 9.18 Å². The molecule has 0 bridgehead atoms. The summed E-state index contributed by atoms with van der Waals surface area (Å²) in [5.74, 6) is 0.318. The Morgan fingerprint density at radius 2 is 1.53 bits per heavy atom. The first kappa shape index (κ1) is 20.1. The average Bonchev–Trinajstić information content (AvgIpc) is 3.27. The molecule has 3 nitrogen and oxygen atoms in total. The van der Waals surface area contributed by atoms with Crippen molar-refractivity contribution in [2.24, 2.45) is 5.92 Å². The van der Waals surface area contributed by atoms with Crippen LogP contribution in [0.2, 0.25) is 0 Å². The second-order valence-corrected chi connectivity index (χ2v) is 7.96. The Morgan fingerprint density at radius 3 is 2.13 bits per heavy atom. The maximum atomic E-state index is 13.1. The summed E-state index contributed by atoms with van der Waals surface area (Å²) in [5, 5.41) is 3.15. The number of rotatable bonds is 7. The molecule has 1 aliphatic heterocycles. The van der Waals surface area contributed by atoms with Crippen LogP contribution in [0.3, 0.4) is 0 Å². The number of nitrogens with zero attached hydrogens (tertiary/aromatic N) is 1. The van der Waals surface area contributed by atoms with Crippen molar-refractivity contribution < 1.29 is 9.18 Å². The summed E-state index contributed by atoms with van der Waals surface area (Å²) in [7, 11) is 0. The van der Waals surface area contributed by atoms with Gasteiger partial charge in [0.05, 0.1) is 0 Å². The molecule has 3 aromatic rings. The highest BCUT2D eigenvalue weighted by atomic mass is 19.1. The molecular weight excluding hydrogens is 375 g/mol. The van der Waals surface area contributed by atoms with Crippen LogP contribution in [0.1, 0.15) is 29.9 Å². The number of hydrogen-bond donors (Lipinski definition) is 1. The van der Waals surface area contributed by atoms with Gasteiger partial charge in [0.25, 0.3) is 0 Å². The van der Waals surface area contributed by atoms with Crippen LogP contribution in [0.15, 0.2) is 84.9 Å². The molecule has 1 N–H and O–H groups in total. The molecule has 4 rings (SSSR count). The van der Waals surface area contributed by atoms with Crippen molar-refractivity contribution in [3.63, 3.8) is 0 Å². The van der Waals surface area contributed by atoms with Gasteiger partial charge in [0, 0.05) is 37.7 Å². The monoisotopic (exact) mass is 402 g/mol. The maximum absolute atomic E-state index is 13.1. The van der Waals surface area contributed by atoms with E-state index in [1.807, 2.05) is 48.5 Å². The van der Waals surface area contributed by atoms with Gasteiger partial charge < -0.3 is 10.2 Å². The third kappa shape index (κ3) is 5.07. The fourth-order valence-corrected chi connectivity index (χ4v) is 4.20. The van der Waals surface area contributed by atoms with E-state index < -0.39 is 0 Å². The quantitative estimate of drug-likeness (QED) is 0.604. The van der Waals surface area contributed by atoms with E-state index in [0.717, 1.165) is 36.3 Å². The van der Waals surface area contributed by atoms with Crippen LogP contribution in [-0.4, -0.2) is 25.5 Å². The Labute approximate surface area is 177 Å². The van der Waals surface area contributed by atoms with Gasteiger partial charge in [0.1, 0.15) is 5.82 Å². The summed E-state index contributed by atoms with van der Waals surface area (Å²) in [6, 6.07) is 27.1. The van der Waals surface area contributed by atoms with Gasteiger partial charge in [-0.2, -0.15) is 0 Å². The Morgan fingerprint density at radius 1 is 0.933 bits per heavy atom. The molecule has 1 unspecified atom stereocenters. The molecular formula is C26H27FN2O. The number of halogens is 1. The summed E-state index contributed by atoms with van der Waals surface area (Å²) in [6.07, 6.45) is 1.46. The van der Waals surface area contributed by atoms with Crippen LogP contribution in [-0.2, 0) is 4.79 Å². The molecule has 1 heterocycles. The largest absolute Gasteiger partial charge is 0.371 e. The van der Waals surface area contributed by atoms with Crippen LogP contribution in [0.5, 0.6) is 0 Å². The third-order valence-electron chi connectivity index (χ3n) is 5.86. The van der Waals surface area contributed by atoms with Crippen LogP contribution in [0.25, 0.3) is 0 Å². The first-order chi connectivity index (χ1) is 14.7. The topological polar surface area (TPSA) is 32.3 Å². The minimum absolute atomic E-state index is 0.0479. The standard InChI is InChI=1S/C26H27FN2O/c27-23-11-13-24(14-12-23)29-16-15-20(19-29)18-28-26(30)17-25(21-7-3-1-4-8-21)22-9-5-2-6-10-22/h1-14,20,25H,15-19H2,(H,28,30). The van der Waals surface area contributed by atoms with Gasteiger partial charge in [-0.25, -0.2) is 4.39 Å². The fraction of sp³-hybridized carbons (Fsp3) is 0.269. The van der Waals surface area contributed by atoms with Crippen LogP contribution >= 0.6 is 0 Å². The van der Waals surface area contributed by atoms with Gasteiger partial charge in [-0.15, -0.1) is 0 Å². The van der Waals surface area contributed by atoms with E-state index in [-0.39, 0.29) is 17.6 Å². The van der Waals surface area contributed by atoms with Crippen molar-refractivity contribution in [1.82, 2.24) is 5.32 Å². The second kappa shape index (κ2) is 9.57. The van der Waals surface area contributed by atoms with E-state index in [1.165, 1.54) is 12.1 Å². The highest BCUT2D eigenvalue weighted by Gasteiger charge is 2.24. The maximum Gasteiger partial charge on any atom is 0.220 e.